The largest absolute Gasteiger partial charge is 0.426 e. The summed E-state index contributed by atoms with van der Waals surface area (Å²) in [6, 6.07) is 14.6. The molecule has 1 aliphatic rings. The lowest BCUT2D eigenvalue weighted by molar-refractivity contribution is -0.484. The summed E-state index contributed by atoms with van der Waals surface area (Å²) < 4.78 is 6.27. The minimum atomic E-state index is -0.559. The van der Waals surface area contributed by atoms with E-state index >= 15 is 0 Å². The number of para-hydroxylation sites is 1. The number of hydrogen-bond donors (Lipinski definition) is 0. The van der Waals surface area contributed by atoms with Crippen LogP contribution in [0.2, 0.25) is 0 Å². The summed E-state index contributed by atoms with van der Waals surface area (Å²) in [6.45, 7) is -0.302. The Kier molecular flexibility index (Phi) is 4.43. The SMILES string of the molecule is O=C1Oc2ccccc2C[C@@H]1[C@H](C[N+](=O)[O-])c1ccc(Br)cc1. The monoisotopic (exact) mass is 375 g/mol. The molecular weight excluding hydrogens is 362 g/mol. The van der Waals surface area contributed by atoms with Crippen LogP contribution in [0.25, 0.3) is 0 Å². The molecule has 0 N–H and O–H groups in total. The Hall–Kier alpha value is -2.21. The first-order valence-corrected chi connectivity index (χ1v) is 8.01. The van der Waals surface area contributed by atoms with E-state index in [4.69, 9.17) is 4.74 Å². The lowest BCUT2D eigenvalue weighted by Crippen LogP contribution is -2.35. The van der Waals surface area contributed by atoms with E-state index in [-0.39, 0.29) is 11.5 Å². The van der Waals surface area contributed by atoms with E-state index < -0.39 is 17.8 Å². The highest BCUT2D eigenvalue weighted by atomic mass is 79.9. The van der Waals surface area contributed by atoms with Gasteiger partial charge in [-0.3, -0.25) is 14.9 Å². The highest BCUT2D eigenvalue weighted by Gasteiger charge is 2.38. The minimum absolute atomic E-state index is 0.302. The quantitative estimate of drug-likeness (QED) is 0.354. The molecule has 2 aromatic carbocycles. The maximum absolute atomic E-state index is 12.4. The first-order valence-electron chi connectivity index (χ1n) is 7.21. The second kappa shape index (κ2) is 6.50. The van der Waals surface area contributed by atoms with Crippen LogP contribution in [0, 0.1) is 16.0 Å². The first-order chi connectivity index (χ1) is 11.0. The van der Waals surface area contributed by atoms with E-state index in [1.807, 2.05) is 36.4 Å². The lowest BCUT2D eigenvalue weighted by atomic mass is 9.81. The Labute approximate surface area is 141 Å². The molecule has 0 saturated carbocycles. The van der Waals surface area contributed by atoms with Gasteiger partial charge in [0.05, 0.1) is 11.8 Å². The summed E-state index contributed by atoms with van der Waals surface area (Å²) in [5, 5.41) is 11.1. The lowest BCUT2D eigenvalue weighted by Gasteiger charge is -2.28. The summed E-state index contributed by atoms with van der Waals surface area (Å²) in [5.74, 6) is -0.932. The number of ether oxygens (including phenoxy) is 1. The van der Waals surface area contributed by atoms with Crippen molar-refractivity contribution in [2.24, 2.45) is 5.92 Å². The predicted octanol–water partition coefficient (Wildman–Crippen LogP) is 3.59. The predicted molar refractivity (Wildman–Crippen MR) is 88.0 cm³/mol. The number of carbonyl (C=O) groups is 1. The summed E-state index contributed by atoms with van der Waals surface area (Å²) >= 11 is 3.35. The van der Waals surface area contributed by atoms with Crippen molar-refractivity contribution in [2.75, 3.05) is 6.54 Å². The van der Waals surface area contributed by atoms with Gasteiger partial charge < -0.3 is 4.74 Å². The molecule has 1 aliphatic heterocycles. The number of fused-ring (bicyclic) bond motifs is 1. The third-order valence-electron chi connectivity index (χ3n) is 4.06. The van der Waals surface area contributed by atoms with Crippen molar-refractivity contribution in [2.45, 2.75) is 12.3 Å². The van der Waals surface area contributed by atoms with Crippen molar-refractivity contribution in [3.63, 3.8) is 0 Å². The highest BCUT2D eigenvalue weighted by Crippen LogP contribution is 2.36. The molecule has 1 heterocycles. The van der Waals surface area contributed by atoms with Crippen LogP contribution in [0.1, 0.15) is 17.0 Å². The van der Waals surface area contributed by atoms with E-state index in [1.165, 1.54) is 0 Å². The molecular formula is C17H14BrNO4. The van der Waals surface area contributed by atoms with Crippen LogP contribution in [0.15, 0.2) is 53.0 Å². The molecule has 0 aliphatic carbocycles. The molecule has 0 amide bonds. The Morgan fingerprint density at radius 2 is 1.91 bits per heavy atom. The standard InChI is InChI=1S/C17H14BrNO4/c18-13-7-5-11(6-8-13)15(10-19(21)22)14-9-12-3-1-2-4-16(12)23-17(14)20/h1-8,14-15H,9-10H2/t14-,15-/m1/s1. The fourth-order valence-corrected chi connectivity index (χ4v) is 3.18. The number of carbonyl (C=O) groups excluding carboxylic acids is 1. The van der Waals surface area contributed by atoms with Crippen molar-refractivity contribution in [3.8, 4) is 5.75 Å². The highest BCUT2D eigenvalue weighted by molar-refractivity contribution is 9.10. The van der Waals surface area contributed by atoms with E-state index in [0.717, 1.165) is 15.6 Å². The molecule has 0 bridgehead atoms. The van der Waals surface area contributed by atoms with Crippen molar-refractivity contribution < 1.29 is 14.5 Å². The zero-order chi connectivity index (χ0) is 16.4. The van der Waals surface area contributed by atoms with E-state index in [1.54, 1.807) is 12.1 Å². The number of esters is 1. The van der Waals surface area contributed by atoms with Gasteiger partial charge in [-0.25, -0.2) is 0 Å². The molecule has 0 aromatic heterocycles. The van der Waals surface area contributed by atoms with Crippen molar-refractivity contribution >= 4 is 21.9 Å². The van der Waals surface area contributed by atoms with Gasteiger partial charge in [-0.05, 0) is 35.7 Å². The molecule has 0 fully saturated rings. The fraction of sp³-hybridized carbons (Fsp3) is 0.235. The van der Waals surface area contributed by atoms with Gasteiger partial charge in [0.2, 0.25) is 6.54 Å². The zero-order valence-electron chi connectivity index (χ0n) is 12.1. The number of hydrogen-bond acceptors (Lipinski definition) is 4. The second-order valence-corrected chi connectivity index (χ2v) is 6.43. The molecule has 6 heteroatoms. The maximum Gasteiger partial charge on any atom is 0.315 e. The molecule has 2 aromatic rings. The van der Waals surface area contributed by atoms with Gasteiger partial charge in [0, 0.05) is 9.40 Å². The molecule has 118 valence electrons. The average molecular weight is 376 g/mol. The number of benzene rings is 2. The summed E-state index contributed by atoms with van der Waals surface area (Å²) in [7, 11) is 0. The van der Waals surface area contributed by atoms with Gasteiger partial charge in [0.1, 0.15) is 5.75 Å². The Balaban J connectivity index is 1.95. The summed E-state index contributed by atoms with van der Waals surface area (Å²) in [6.07, 6.45) is 0.448. The molecule has 0 radical (unpaired) electrons. The third kappa shape index (κ3) is 3.42. The van der Waals surface area contributed by atoms with Crippen LogP contribution in [-0.4, -0.2) is 17.4 Å². The number of rotatable bonds is 4. The van der Waals surface area contributed by atoms with Crippen molar-refractivity contribution in [1.82, 2.24) is 0 Å². The smallest absolute Gasteiger partial charge is 0.315 e. The second-order valence-electron chi connectivity index (χ2n) is 5.51. The van der Waals surface area contributed by atoms with Gasteiger partial charge in [0.15, 0.2) is 0 Å². The van der Waals surface area contributed by atoms with Crippen molar-refractivity contribution in [1.29, 1.82) is 0 Å². The van der Waals surface area contributed by atoms with Crippen LogP contribution >= 0.6 is 15.9 Å². The van der Waals surface area contributed by atoms with Crippen LogP contribution in [-0.2, 0) is 11.2 Å². The number of nitrogens with zero attached hydrogens (tertiary/aromatic N) is 1. The topological polar surface area (TPSA) is 69.4 Å². The maximum atomic E-state index is 12.4. The van der Waals surface area contributed by atoms with E-state index in [2.05, 4.69) is 15.9 Å². The Morgan fingerprint density at radius 1 is 1.22 bits per heavy atom. The molecule has 0 spiro atoms. The molecule has 3 rings (SSSR count). The average Bonchev–Trinajstić information content (AvgIpc) is 2.53. The molecule has 0 unspecified atom stereocenters. The summed E-state index contributed by atoms with van der Waals surface area (Å²) in [5.41, 5.74) is 1.67. The van der Waals surface area contributed by atoms with Crippen LogP contribution in [0.4, 0.5) is 0 Å². The van der Waals surface area contributed by atoms with E-state index in [9.17, 15) is 14.9 Å². The molecule has 5 nitrogen and oxygen atoms in total. The Morgan fingerprint density at radius 3 is 2.61 bits per heavy atom. The third-order valence-corrected chi connectivity index (χ3v) is 4.58. The van der Waals surface area contributed by atoms with Gasteiger partial charge in [-0.15, -0.1) is 0 Å². The van der Waals surface area contributed by atoms with Crippen LogP contribution < -0.4 is 4.74 Å². The molecule has 0 saturated heterocycles. The zero-order valence-corrected chi connectivity index (χ0v) is 13.7. The van der Waals surface area contributed by atoms with Gasteiger partial charge in [-0.2, -0.15) is 0 Å². The van der Waals surface area contributed by atoms with Crippen LogP contribution in [0.3, 0.4) is 0 Å². The normalized spacial score (nSPS) is 18.0. The first kappa shape index (κ1) is 15.7. The molecule has 23 heavy (non-hydrogen) atoms. The van der Waals surface area contributed by atoms with Gasteiger partial charge in [0.25, 0.3) is 0 Å². The molecule has 2 atom stereocenters. The van der Waals surface area contributed by atoms with Gasteiger partial charge >= 0.3 is 5.97 Å². The van der Waals surface area contributed by atoms with Crippen LogP contribution in [0.5, 0.6) is 5.75 Å². The van der Waals surface area contributed by atoms with E-state index in [0.29, 0.717) is 12.2 Å². The number of halogens is 1. The summed E-state index contributed by atoms with van der Waals surface area (Å²) in [4.78, 5) is 23.1. The number of nitro groups is 1. The van der Waals surface area contributed by atoms with Crippen molar-refractivity contribution in [3.05, 3.63) is 74.2 Å². The minimum Gasteiger partial charge on any atom is -0.426 e. The van der Waals surface area contributed by atoms with Gasteiger partial charge in [-0.1, -0.05) is 46.3 Å². The Bertz CT molecular complexity index is 745. The fourth-order valence-electron chi connectivity index (χ4n) is 2.92.